The Kier molecular flexibility index (Phi) is 6.28. The normalized spacial score (nSPS) is 13.4. The van der Waals surface area contributed by atoms with Crippen molar-refractivity contribution >= 4 is 10.1 Å². The minimum Gasteiger partial charge on any atom is -0.330 e. The predicted octanol–water partition coefficient (Wildman–Crippen LogP) is 1.20. The van der Waals surface area contributed by atoms with Crippen LogP contribution in [0.2, 0.25) is 0 Å². The highest BCUT2D eigenvalue weighted by atomic mass is 32.2. The molecule has 18 heavy (non-hydrogen) atoms. The Bertz CT molecular complexity index is 434. The molecule has 0 saturated heterocycles. The fraction of sp³-hybridized carbons (Fsp3) is 0.500. The molecule has 0 fully saturated rings. The number of nitrogens with two attached hydrogens (primary N) is 2. The van der Waals surface area contributed by atoms with Gasteiger partial charge in [0.05, 0.1) is 4.90 Å². The predicted molar refractivity (Wildman–Crippen MR) is 70.2 cm³/mol. The van der Waals surface area contributed by atoms with Gasteiger partial charge in [-0.1, -0.05) is 24.6 Å². The molecule has 1 unspecified atom stereocenters. The van der Waals surface area contributed by atoms with E-state index in [1.807, 2.05) is 0 Å². The van der Waals surface area contributed by atoms with E-state index in [2.05, 4.69) is 0 Å². The molecule has 1 rings (SSSR count). The zero-order chi connectivity index (χ0) is 13.4. The van der Waals surface area contributed by atoms with Gasteiger partial charge in [0.1, 0.15) is 6.23 Å². The number of benzene rings is 1. The Labute approximate surface area is 108 Å². The first-order valence-electron chi connectivity index (χ1n) is 6.00. The molecule has 5 nitrogen and oxygen atoms in total. The van der Waals surface area contributed by atoms with Gasteiger partial charge >= 0.3 is 0 Å². The van der Waals surface area contributed by atoms with Gasteiger partial charge in [0.15, 0.2) is 0 Å². The van der Waals surface area contributed by atoms with E-state index in [-0.39, 0.29) is 4.90 Å². The van der Waals surface area contributed by atoms with E-state index >= 15 is 0 Å². The third-order valence-electron chi connectivity index (χ3n) is 2.47. The van der Waals surface area contributed by atoms with Crippen LogP contribution in [0.25, 0.3) is 0 Å². The minimum absolute atomic E-state index is 0.127. The summed E-state index contributed by atoms with van der Waals surface area (Å²) in [7, 11) is -3.75. The first kappa shape index (κ1) is 15.1. The van der Waals surface area contributed by atoms with Crippen molar-refractivity contribution in [2.75, 3.05) is 6.54 Å². The van der Waals surface area contributed by atoms with Gasteiger partial charge in [-0.2, -0.15) is 8.42 Å². The molecule has 4 N–H and O–H groups in total. The van der Waals surface area contributed by atoms with Gasteiger partial charge in [-0.05, 0) is 37.9 Å². The van der Waals surface area contributed by atoms with E-state index in [4.69, 9.17) is 15.7 Å². The summed E-state index contributed by atoms with van der Waals surface area (Å²) in [6, 6.07) is 7.99. The quantitative estimate of drug-likeness (QED) is 0.421. The Morgan fingerprint density at radius 2 is 1.78 bits per heavy atom. The Morgan fingerprint density at radius 3 is 2.39 bits per heavy atom. The molecule has 0 amide bonds. The smallest absolute Gasteiger partial charge is 0.298 e. The third-order valence-corrected chi connectivity index (χ3v) is 3.82. The Balaban J connectivity index is 2.46. The molecule has 0 heterocycles. The average Bonchev–Trinajstić information content (AvgIpc) is 2.35. The van der Waals surface area contributed by atoms with E-state index in [0.717, 1.165) is 19.3 Å². The van der Waals surface area contributed by atoms with Crippen LogP contribution in [0.5, 0.6) is 0 Å². The van der Waals surface area contributed by atoms with Crippen LogP contribution in [0, 0.1) is 0 Å². The van der Waals surface area contributed by atoms with Crippen LogP contribution < -0.4 is 11.5 Å². The van der Waals surface area contributed by atoms with E-state index in [1.165, 1.54) is 12.1 Å². The second-order valence-corrected chi connectivity index (χ2v) is 5.61. The monoisotopic (exact) mass is 272 g/mol. The second kappa shape index (κ2) is 7.48. The maximum Gasteiger partial charge on any atom is 0.298 e. The van der Waals surface area contributed by atoms with Crippen LogP contribution in [0.1, 0.15) is 25.7 Å². The van der Waals surface area contributed by atoms with Crippen LogP contribution in [0.4, 0.5) is 0 Å². The van der Waals surface area contributed by atoms with Crippen molar-refractivity contribution in [1.82, 2.24) is 0 Å². The van der Waals surface area contributed by atoms with E-state index in [9.17, 15) is 8.42 Å². The molecule has 1 aromatic rings. The van der Waals surface area contributed by atoms with Crippen molar-refractivity contribution in [2.45, 2.75) is 36.8 Å². The molecule has 0 aliphatic heterocycles. The highest BCUT2D eigenvalue weighted by molar-refractivity contribution is 7.86. The van der Waals surface area contributed by atoms with Crippen LogP contribution in [-0.2, 0) is 14.3 Å². The van der Waals surface area contributed by atoms with Gasteiger partial charge in [0.25, 0.3) is 10.1 Å². The molecule has 6 heteroatoms. The molecule has 0 spiro atoms. The molecule has 0 bridgehead atoms. The molecular weight excluding hydrogens is 252 g/mol. The number of unbranched alkanes of at least 4 members (excludes halogenated alkanes) is 2. The lowest BCUT2D eigenvalue weighted by atomic mass is 10.2. The number of hydrogen-bond acceptors (Lipinski definition) is 5. The second-order valence-electron chi connectivity index (χ2n) is 4.04. The van der Waals surface area contributed by atoms with Gasteiger partial charge in [-0.3, -0.25) is 0 Å². The molecule has 0 saturated carbocycles. The van der Waals surface area contributed by atoms with Crippen molar-refractivity contribution in [3.63, 3.8) is 0 Å². The first-order chi connectivity index (χ1) is 8.56. The summed E-state index contributed by atoms with van der Waals surface area (Å²) in [5, 5.41) is 0. The number of hydrogen-bond donors (Lipinski definition) is 2. The molecule has 1 aromatic carbocycles. The zero-order valence-corrected chi connectivity index (χ0v) is 11.1. The third kappa shape index (κ3) is 5.14. The van der Waals surface area contributed by atoms with Crippen molar-refractivity contribution in [1.29, 1.82) is 0 Å². The first-order valence-corrected chi connectivity index (χ1v) is 7.41. The van der Waals surface area contributed by atoms with Gasteiger partial charge in [-0.25, -0.2) is 4.18 Å². The van der Waals surface area contributed by atoms with E-state index in [0.29, 0.717) is 13.0 Å². The number of rotatable bonds is 8. The molecule has 0 aliphatic rings. The van der Waals surface area contributed by atoms with Crippen LogP contribution in [0.15, 0.2) is 35.2 Å². The largest absolute Gasteiger partial charge is 0.330 e. The van der Waals surface area contributed by atoms with Gasteiger partial charge in [0.2, 0.25) is 0 Å². The molecule has 1 atom stereocenters. The molecule has 0 aromatic heterocycles. The van der Waals surface area contributed by atoms with E-state index < -0.39 is 16.3 Å². The summed E-state index contributed by atoms with van der Waals surface area (Å²) in [6.07, 6.45) is 2.36. The highest BCUT2D eigenvalue weighted by Gasteiger charge is 2.18. The Hall–Kier alpha value is -0.950. The Morgan fingerprint density at radius 1 is 1.11 bits per heavy atom. The lowest BCUT2D eigenvalue weighted by Crippen LogP contribution is -2.27. The van der Waals surface area contributed by atoms with Crippen molar-refractivity contribution < 1.29 is 12.6 Å². The average molecular weight is 272 g/mol. The standard InChI is InChI=1S/C12H20N2O3S/c13-10-6-2-5-9-12(14)17-18(15,16)11-7-3-1-4-8-11/h1,3-4,7-8,12H,2,5-6,9-10,13-14H2. The van der Waals surface area contributed by atoms with Crippen molar-refractivity contribution in [3.8, 4) is 0 Å². The highest BCUT2D eigenvalue weighted by Crippen LogP contribution is 2.14. The van der Waals surface area contributed by atoms with Gasteiger partial charge < -0.3 is 11.5 Å². The maximum absolute atomic E-state index is 11.8. The summed E-state index contributed by atoms with van der Waals surface area (Å²) in [5.74, 6) is 0. The topological polar surface area (TPSA) is 95.4 Å². The maximum atomic E-state index is 11.8. The van der Waals surface area contributed by atoms with E-state index in [1.54, 1.807) is 18.2 Å². The van der Waals surface area contributed by atoms with Gasteiger partial charge in [0, 0.05) is 0 Å². The lowest BCUT2D eigenvalue weighted by Gasteiger charge is -2.12. The lowest BCUT2D eigenvalue weighted by molar-refractivity contribution is 0.202. The summed E-state index contributed by atoms with van der Waals surface area (Å²) >= 11 is 0. The summed E-state index contributed by atoms with van der Waals surface area (Å²) in [4.78, 5) is 0.127. The molecule has 102 valence electrons. The SMILES string of the molecule is NCCCCCC(N)OS(=O)(=O)c1ccccc1. The molecule has 0 radical (unpaired) electrons. The van der Waals surface area contributed by atoms with Gasteiger partial charge in [-0.15, -0.1) is 0 Å². The van der Waals surface area contributed by atoms with Crippen LogP contribution in [0.3, 0.4) is 0 Å². The van der Waals surface area contributed by atoms with Crippen LogP contribution >= 0.6 is 0 Å². The summed E-state index contributed by atoms with van der Waals surface area (Å²) in [5.41, 5.74) is 11.0. The fourth-order valence-corrected chi connectivity index (χ4v) is 2.54. The van der Waals surface area contributed by atoms with Crippen LogP contribution in [-0.4, -0.2) is 21.2 Å². The van der Waals surface area contributed by atoms with Crippen molar-refractivity contribution in [2.24, 2.45) is 11.5 Å². The fourth-order valence-electron chi connectivity index (χ4n) is 1.52. The summed E-state index contributed by atoms with van der Waals surface area (Å²) < 4.78 is 28.5. The zero-order valence-electron chi connectivity index (χ0n) is 10.3. The minimum atomic E-state index is -3.75. The van der Waals surface area contributed by atoms with Crippen molar-refractivity contribution in [3.05, 3.63) is 30.3 Å². The molecular formula is C12H20N2O3S. The summed E-state index contributed by atoms with van der Waals surface area (Å²) in [6.45, 7) is 0.637. The molecule has 0 aliphatic carbocycles.